The van der Waals surface area contributed by atoms with E-state index in [2.05, 4.69) is 9.97 Å². The van der Waals surface area contributed by atoms with Crippen LogP contribution in [-0.4, -0.2) is 46.1 Å². The molecule has 2 rings (SSSR count). The summed E-state index contributed by atoms with van der Waals surface area (Å²) in [6, 6.07) is 0. The summed E-state index contributed by atoms with van der Waals surface area (Å²) in [6.45, 7) is 0. The Labute approximate surface area is 99.0 Å². The number of hydrogen-bond donors (Lipinski definition) is 2. The number of aliphatic hydroxyl groups excluding tert-OH is 2. The Bertz CT molecular complexity index is 574. The zero-order valence-corrected chi connectivity index (χ0v) is 9.35. The van der Waals surface area contributed by atoms with Gasteiger partial charge in [-0.15, -0.1) is 0 Å². The molecule has 18 heavy (non-hydrogen) atoms. The highest BCUT2D eigenvalue weighted by atomic mass is 32.2. The monoisotopic (exact) mass is 284 g/mol. The minimum absolute atomic E-state index is 0.432. The number of alkyl halides is 3. The van der Waals surface area contributed by atoms with E-state index in [4.69, 9.17) is 5.11 Å². The highest BCUT2D eigenvalue weighted by Crippen LogP contribution is 2.42. The predicted molar refractivity (Wildman–Crippen MR) is 50.0 cm³/mol. The average molecular weight is 284 g/mol. The third-order valence-electron chi connectivity index (χ3n) is 2.61. The number of aromatic nitrogens is 2. The van der Waals surface area contributed by atoms with Crippen molar-refractivity contribution in [2.45, 2.75) is 28.5 Å². The molecule has 1 aliphatic rings. The number of fused-ring (bicyclic) bond motifs is 1. The Morgan fingerprint density at radius 3 is 2.50 bits per heavy atom. The molecule has 0 amide bonds. The molecule has 0 aliphatic carbocycles. The molecule has 0 spiro atoms. The summed E-state index contributed by atoms with van der Waals surface area (Å²) in [5, 5.41) is 16.2. The number of aliphatic hydroxyl groups is 2. The fraction of sp³-hybridized carbons (Fsp3) is 0.500. The number of sulfone groups is 1. The van der Waals surface area contributed by atoms with Gasteiger partial charge in [-0.05, 0) is 0 Å². The normalized spacial score (nSPS) is 27.8. The maximum absolute atomic E-state index is 12.4. The number of rotatable bonds is 1. The molecule has 2 heterocycles. The molecule has 10 heteroatoms. The lowest BCUT2D eigenvalue weighted by molar-refractivity contribution is -0.209. The lowest BCUT2D eigenvalue weighted by Gasteiger charge is -2.22. The van der Waals surface area contributed by atoms with Gasteiger partial charge < -0.3 is 10.2 Å². The van der Waals surface area contributed by atoms with Crippen LogP contribution in [0, 0.1) is 0 Å². The molecule has 0 saturated carbocycles. The van der Waals surface area contributed by atoms with E-state index >= 15 is 0 Å². The van der Waals surface area contributed by atoms with Gasteiger partial charge in [-0.25, -0.2) is 18.4 Å². The Balaban J connectivity index is 2.56. The zero-order valence-electron chi connectivity index (χ0n) is 8.53. The van der Waals surface area contributed by atoms with Crippen molar-refractivity contribution < 1.29 is 31.8 Å². The van der Waals surface area contributed by atoms with Crippen LogP contribution >= 0.6 is 0 Å². The molecule has 0 radical (unpaired) electrons. The summed E-state index contributed by atoms with van der Waals surface area (Å²) in [4.78, 5) is 6.22. The molecule has 0 bridgehead atoms. The molecular weight excluding hydrogens is 277 g/mol. The lowest BCUT2D eigenvalue weighted by atomic mass is 10.1. The standard InChI is InChI=1S/C8H7F3N2O4S/c9-8(10,11)7(15)6-5(14)4-3(18(6,16)17)1-12-2-13-4/h1-2,5-7,14-15H. The second-order valence-corrected chi connectivity index (χ2v) is 5.79. The summed E-state index contributed by atoms with van der Waals surface area (Å²) >= 11 is 0. The third kappa shape index (κ3) is 1.76. The molecule has 3 unspecified atom stereocenters. The Morgan fingerprint density at radius 1 is 1.39 bits per heavy atom. The topological polar surface area (TPSA) is 100 Å². The van der Waals surface area contributed by atoms with Gasteiger partial charge in [0.25, 0.3) is 0 Å². The first-order valence-corrected chi connectivity index (χ1v) is 6.18. The van der Waals surface area contributed by atoms with Crippen molar-refractivity contribution >= 4 is 9.84 Å². The fourth-order valence-corrected chi connectivity index (χ4v) is 3.70. The van der Waals surface area contributed by atoms with Crippen LogP contribution in [0.4, 0.5) is 13.2 Å². The van der Waals surface area contributed by atoms with Crippen LogP contribution in [-0.2, 0) is 9.84 Å². The summed E-state index contributed by atoms with van der Waals surface area (Å²) in [6.07, 6.45) is -8.69. The van der Waals surface area contributed by atoms with Gasteiger partial charge in [0.05, 0.1) is 5.69 Å². The molecule has 0 aromatic carbocycles. The van der Waals surface area contributed by atoms with Crippen LogP contribution in [0.2, 0.25) is 0 Å². The third-order valence-corrected chi connectivity index (χ3v) is 4.77. The van der Waals surface area contributed by atoms with E-state index in [1.807, 2.05) is 0 Å². The first kappa shape index (κ1) is 13.2. The molecule has 1 aromatic heterocycles. The van der Waals surface area contributed by atoms with Crippen molar-refractivity contribution in [1.29, 1.82) is 0 Å². The summed E-state index contributed by atoms with van der Waals surface area (Å²) < 4.78 is 60.7. The smallest absolute Gasteiger partial charge is 0.385 e. The van der Waals surface area contributed by atoms with Gasteiger partial charge in [-0.1, -0.05) is 0 Å². The van der Waals surface area contributed by atoms with E-state index in [0.29, 0.717) is 0 Å². The molecule has 2 N–H and O–H groups in total. The van der Waals surface area contributed by atoms with Crippen LogP contribution in [0.1, 0.15) is 11.8 Å². The van der Waals surface area contributed by atoms with E-state index < -0.39 is 44.1 Å². The van der Waals surface area contributed by atoms with E-state index in [9.17, 15) is 26.7 Å². The summed E-state index contributed by atoms with van der Waals surface area (Å²) in [5.74, 6) is 0. The Morgan fingerprint density at radius 2 is 2.00 bits per heavy atom. The van der Waals surface area contributed by atoms with Gasteiger partial charge in [0.2, 0.25) is 0 Å². The Hall–Kier alpha value is -1.26. The van der Waals surface area contributed by atoms with Crippen molar-refractivity contribution in [1.82, 2.24) is 9.97 Å². The van der Waals surface area contributed by atoms with Crippen molar-refractivity contribution in [3.05, 3.63) is 18.2 Å². The molecule has 1 aliphatic heterocycles. The van der Waals surface area contributed by atoms with Crippen LogP contribution in [0.25, 0.3) is 0 Å². The van der Waals surface area contributed by atoms with E-state index in [0.717, 1.165) is 12.5 Å². The summed E-state index contributed by atoms with van der Waals surface area (Å²) in [5.41, 5.74) is -0.432. The average Bonchev–Trinajstić information content (AvgIpc) is 2.46. The number of halogens is 3. The first-order chi connectivity index (χ1) is 8.17. The second-order valence-electron chi connectivity index (χ2n) is 3.71. The quantitative estimate of drug-likeness (QED) is 0.727. The van der Waals surface area contributed by atoms with Gasteiger partial charge in [-0.2, -0.15) is 13.2 Å². The molecule has 100 valence electrons. The van der Waals surface area contributed by atoms with Gasteiger partial charge in [0.1, 0.15) is 22.6 Å². The van der Waals surface area contributed by atoms with E-state index in [1.54, 1.807) is 0 Å². The molecule has 0 fully saturated rings. The molecule has 6 nitrogen and oxygen atoms in total. The van der Waals surface area contributed by atoms with Crippen LogP contribution in [0.3, 0.4) is 0 Å². The van der Waals surface area contributed by atoms with Crippen molar-refractivity contribution in [2.75, 3.05) is 0 Å². The van der Waals surface area contributed by atoms with Crippen molar-refractivity contribution in [3.63, 3.8) is 0 Å². The first-order valence-electron chi connectivity index (χ1n) is 4.64. The number of nitrogens with zero attached hydrogens (tertiary/aromatic N) is 2. The highest BCUT2D eigenvalue weighted by molar-refractivity contribution is 7.92. The SMILES string of the molecule is O=S1(=O)c2cncnc2C(O)C1C(O)C(F)(F)F. The zero-order chi connectivity index (χ0) is 13.7. The molecule has 3 atom stereocenters. The van der Waals surface area contributed by atoms with Gasteiger partial charge in [-0.3, -0.25) is 0 Å². The van der Waals surface area contributed by atoms with Gasteiger partial charge in [0.15, 0.2) is 15.9 Å². The minimum Gasteiger partial charge on any atom is -0.385 e. The van der Waals surface area contributed by atoms with Crippen LogP contribution in [0.15, 0.2) is 17.4 Å². The summed E-state index contributed by atoms with van der Waals surface area (Å²) in [7, 11) is -4.52. The van der Waals surface area contributed by atoms with E-state index in [1.165, 1.54) is 0 Å². The van der Waals surface area contributed by atoms with E-state index in [-0.39, 0.29) is 0 Å². The molecule has 0 saturated heterocycles. The lowest BCUT2D eigenvalue weighted by Crippen LogP contribution is -2.44. The second kappa shape index (κ2) is 3.87. The predicted octanol–water partition coefficient (Wildman–Crippen LogP) is -0.411. The van der Waals surface area contributed by atoms with Crippen molar-refractivity contribution in [2.24, 2.45) is 0 Å². The minimum atomic E-state index is -5.16. The van der Waals surface area contributed by atoms with Crippen LogP contribution in [0.5, 0.6) is 0 Å². The highest BCUT2D eigenvalue weighted by Gasteiger charge is 2.57. The largest absolute Gasteiger partial charge is 0.415 e. The van der Waals surface area contributed by atoms with Crippen LogP contribution < -0.4 is 0 Å². The molecular formula is C8H7F3N2O4S. The Kier molecular flexibility index (Phi) is 2.83. The fourth-order valence-electron chi connectivity index (χ4n) is 1.77. The van der Waals surface area contributed by atoms with Crippen molar-refractivity contribution in [3.8, 4) is 0 Å². The molecule has 1 aromatic rings. The number of hydrogen-bond acceptors (Lipinski definition) is 6. The van der Waals surface area contributed by atoms with Gasteiger partial charge in [0, 0.05) is 6.20 Å². The van der Waals surface area contributed by atoms with Gasteiger partial charge >= 0.3 is 6.18 Å². The maximum Gasteiger partial charge on any atom is 0.415 e. The maximum atomic E-state index is 12.4.